The van der Waals surface area contributed by atoms with Crippen LogP contribution in [0, 0.1) is 11.3 Å². The largest absolute Gasteiger partial charge is 0.312 e. The number of nitriles is 1. The van der Waals surface area contributed by atoms with Crippen LogP contribution in [-0.2, 0) is 5.41 Å². The Morgan fingerprint density at radius 1 is 1.35 bits per heavy atom. The van der Waals surface area contributed by atoms with Gasteiger partial charge in [0, 0.05) is 17.3 Å². The predicted molar refractivity (Wildman–Crippen MR) is 84.9 cm³/mol. The van der Waals surface area contributed by atoms with Gasteiger partial charge in [0.15, 0.2) is 0 Å². The molecule has 106 valence electrons. The molecular formula is C17H22N2S. The third kappa shape index (κ3) is 2.60. The Bertz CT molecular complexity index is 493. The molecule has 1 atom stereocenters. The molecule has 1 unspecified atom stereocenters. The van der Waals surface area contributed by atoms with Crippen molar-refractivity contribution >= 4 is 11.8 Å². The maximum absolute atomic E-state index is 9.56. The number of hydrogen-bond donors (Lipinski definition) is 1. The highest BCUT2D eigenvalue weighted by molar-refractivity contribution is 8.00. The lowest BCUT2D eigenvalue weighted by molar-refractivity contribution is 0.222. The molecule has 2 nitrogen and oxygen atoms in total. The van der Waals surface area contributed by atoms with Crippen LogP contribution in [0.4, 0.5) is 0 Å². The second-order valence-electron chi connectivity index (χ2n) is 6.45. The fourth-order valence-corrected chi connectivity index (χ4v) is 4.67. The molecule has 1 aliphatic heterocycles. The smallest absolute Gasteiger partial charge is 0.0852 e. The van der Waals surface area contributed by atoms with Crippen LogP contribution >= 0.6 is 11.8 Å². The molecule has 1 aromatic carbocycles. The van der Waals surface area contributed by atoms with E-state index in [0.717, 1.165) is 19.4 Å². The van der Waals surface area contributed by atoms with Crippen LogP contribution in [-0.4, -0.2) is 23.1 Å². The minimum absolute atomic E-state index is 0.247. The zero-order valence-electron chi connectivity index (χ0n) is 12.1. The maximum atomic E-state index is 9.56. The lowest BCUT2D eigenvalue weighted by Gasteiger charge is -2.44. The monoisotopic (exact) mass is 286 g/mol. The molecule has 2 aliphatic rings. The van der Waals surface area contributed by atoms with Gasteiger partial charge in [-0.25, -0.2) is 0 Å². The zero-order valence-corrected chi connectivity index (χ0v) is 12.9. The van der Waals surface area contributed by atoms with Crippen molar-refractivity contribution in [3.63, 3.8) is 0 Å². The maximum Gasteiger partial charge on any atom is 0.0852 e. The molecule has 3 rings (SSSR count). The van der Waals surface area contributed by atoms with Crippen molar-refractivity contribution in [2.45, 2.75) is 48.8 Å². The van der Waals surface area contributed by atoms with Gasteiger partial charge in [0.2, 0.25) is 0 Å². The van der Waals surface area contributed by atoms with Crippen molar-refractivity contribution in [3.05, 3.63) is 35.9 Å². The number of hydrogen-bond acceptors (Lipinski definition) is 3. The van der Waals surface area contributed by atoms with Gasteiger partial charge in [-0.15, -0.1) is 0 Å². The van der Waals surface area contributed by atoms with Crippen molar-refractivity contribution < 1.29 is 0 Å². The molecule has 0 amide bonds. The average Bonchev–Trinajstić information content (AvgIpc) is 2.86. The highest BCUT2D eigenvalue weighted by atomic mass is 32.2. The van der Waals surface area contributed by atoms with E-state index in [2.05, 4.69) is 42.2 Å². The van der Waals surface area contributed by atoms with Crippen LogP contribution in [0.15, 0.2) is 30.3 Å². The molecule has 0 bridgehead atoms. The Hall–Kier alpha value is -0.980. The van der Waals surface area contributed by atoms with E-state index < -0.39 is 0 Å². The van der Waals surface area contributed by atoms with E-state index in [9.17, 15) is 5.26 Å². The van der Waals surface area contributed by atoms with E-state index in [1.165, 1.54) is 24.2 Å². The van der Waals surface area contributed by atoms with Crippen LogP contribution in [0.5, 0.6) is 0 Å². The van der Waals surface area contributed by atoms with Crippen molar-refractivity contribution in [2.75, 3.05) is 12.3 Å². The third-order valence-electron chi connectivity index (χ3n) is 4.80. The molecule has 1 saturated carbocycles. The molecule has 2 fully saturated rings. The van der Waals surface area contributed by atoms with E-state index >= 15 is 0 Å². The summed E-state index contributed by atoms with van der Waals surface area (Å²) in [5.74, 6) is 1.30. The molecule has 0 radical (unpaired) electrons. The molecule has 1 saturated heterocycles. The Balaban J connectivity index is 1.56. The van der Waals surface area contributed by atoms with E-state index in [0.29, 0.717) is 10.8 Å². The first-order chi connectivity index (χ1) is 9.66. The molecule has 1 aliphatic carbocycles. The van der Waals surface area contributed by atoms with Crippen molar-refractivity contribution in [3.8, 4) is 6.07 Å². The summed E-state index contributed by atoms with van der Waals surface area (Å²) >= 11 is 2.10. The lowest BCUT2D eigenvalue weighted by atomic mass is 9.62. The van der Waals surface area contributed by atoms with Crippen molar-refractivity contribution in [1.82, 2.24) is 5.32 Å². The van der Waals surface area contributed by atoms with E-state index in [-0.39, 0.29) is 5.41 Å². The summed E-state index contributed by atoms with van der Waals surface area (Å²) in [6.45, 7) is 3.45. The Morgan fingerprint density at radius 2 is 2.10 bits per heavy atom. The normalized spacial score (nSPS) is 36.3. The summed E-state index contributed by atoms with van der Waals surface area (Å²) < 4.78 is 0.414. The highest BCUT2D eigenvalue weighted by Gasteiger charge is 2.46. The second kappa shape index (κ2) is 5.42. The first-order valence-corrected chi connectivity index (χ1v) is 8.49. The predicted octanol–water partition coefficient (Wildman–Crippen LogP) is 3.49. The molecule has 0 aromatic heterocycles. The topological polar surface area (TPSA) is 35.8 Å². The molecule has 3 heteroatoms. The van der Waals surface area contributed by atoms with Crippen LogP contribution in [0.1, 0.15) is 38.2 Å². The van der Waals surface area contributed by atoms with Gasteiger partial charge in [-0.05, 0) is 43.9 Å². The third-order valence-corrected chi connectivity index (χ3v) is 6.33. The highest BCUT2D eigenvalue weighted by Crippen LogP contribution is 2.44. The first kappa shape index (κ1) is 14.0. The molecule has 1 heterocycles. The molecule has 1 N–H and O–H groups in total. The van der Waals surface area contributed by atoms with E-state index in [4.69, 9.17) is 0 Å². The SMILES string of the molecule is CC1(CNC2CC(C#N)(c3ccccc3)C2)CCCS1. The molecule has 20 heavy (non-hydrogen) atoms. The number of thioether (sulfide) groups is 1. The van der Waals surface area contributed by atoms with Crippen LogP contribution in [0.25, 0.3) is 0 Å². The van der Waals surface area contributed by atoms with Crippen LogP contribution in [0.3, 0.4) is 0 Å². The zero-order chi connectivity index (χ0) is 14.1. The van der Waals surface area contributed by atoms with Crippen LogP contribution in [0.2, 0.25) is 0 Å². The standard InChI is InChI=1S/C17H22N2S/c1-16(8-5-9-20-16)13-19-15-10-17(11-15,12-18)14-6-3-2-4-7-14/h2-4,6-7,15,19H,5,8-11,13H2,1H3. The Kier molecular flexibility index (Phi) is 3.79. The Labute approximate surface area is 125 Å². The summed E-state index contributed by atoms with van der Waals surface area (Å²) in [5, 5.41) is 13.2. The summed E-state index contributed by atoms with van der Waals surface area (Å²) in [5.41, 5.74) is 0.935. The van der Waals surface area contributed by atoms with Crippen LogP contribution < -0.4 is 5.32 Å². The number of nitrogens with zero attached hydrogens (tertiary/aromatic N) is 1. The van der Waals surface area contributed by atoms with Gasteiger partial charge >= 0.3 is 0 Å². The van der Waals surface area contributed by atoms with E-state index in [1.54, 1.807) is 0 Å². The Morgan fingerprint density at radius 3 is 2.70 bits per heavy atom. The average molecular weight is 286 g/mol. The summed E-state index contributed by atoms with van der Waals surface area (Å²) in [7, 11) is 0. The van der Waals surface area contributed by atoms with Gasteiger partial charge in [-0.2, -0.15) is 17.0 Å². The molecule has 1 aromatic rings. The van der Waals surface area contributed by atoms with Gasteiger partial charge < -0.3 is 5.32 Å². The summed E-state index contributed by atoms with van der Waals surface area (Å²) in [6, 6.07) is 13.3. The summed E-state index contributed by atoms with van der Waals surface area (Å²) in [6.07, 6.45) is 4.57. The lowest BCUT2D eigenvalue weighted by Crippen LogP contribution is -2.53. The fourth-order valence-electron chi connectivity index (χ4n) is 3.41. The van der Waals surface area contributed by atoms with Gasteiger partial charge in [0.1, 0.15) is 0 Å². The van der Waals surface area contributed by atoms with E-state index in [1.807, 2.05) is 18.2 Å². The second-order valence-corrected chi connectivity index (χ2v) is 8.13. The molecular weight excluding hydrogens is 264 g/mol. The fraction of sp³-hybridized carbons (Fsp3) is 0.588. The quantitative estimate of drug-likeness (QED) is 0.920. The van der Waals surface area contributed by atoms with Crippen molar-refractivity contribution in [1.29, 1.82) is 5.26 Å². The number of rotatable bonds is 4. The summed E-state index contributed by atoms with van der Waals surface area (Å²) in [4.78, 5) is 0. The van der Waals surface area contributed by atoms with Crippen molar-refractivity contribution in [2.24, 2.45) is 0 Å². The molecule has 0 spiro atoms. The van der Waals surface area contributed by atoms with Gasteiger partial charge in [-0.1, -0.05) is 30.3 Å². The minimum atomic E-state index is -0.247. The van der Waals surface area contributed by atoms with Gasteiger partial charge in [0.25, 0.3) is 0 Å². The number of nitrogens with one attached hydrogen (secondary N) is 1. The van der Waals surface area contributed by atoms with Gasteiger partial charge in [0.05, 0.1) is 11.5 Å². The first-order valence-electron chi connectivity index (χ1n) is 7.50. The minimum Gasteiger partial charge on any atom is -0.312 e. The van der Waals surface area contributed by atoms with Gasteiger partial charge in [-0.3, -0.25) is 0 Å². The number of benzene rings is 1.